The van der Waals surface area contributed by atoms with Crippen molar-refractivity contribution in [2.75, 3.05) is 12.4 Å². The maximum Gasteiger partial charge on any atom is 0.224 e. The molecule has 7 heteroatoms. The normalized spacial score (nSPS) is 11.1. The van der Waals surface area contributed by atoms with Gasteiger partial charge >= 0.3 is 0 Å². The van der Waals surface area contributed by atoms with Crippen LogP contribution in [0.25, 0.3) is 0 Å². The zero-order chi connectivity index (χ0) is 18.9. The standard InChI is InChI=1S/C20H28N4OS.HI/c1-14(2)10-19(25)24-17-7-5-6-16(11-17)12-22-20(21-4)23-13-18-9-8-15(3)26-18;/h5-9,11,14H,10,12-13H2,1-4H3,(H,24,25)(H2,21,22,23);1H. The van der Waals surface area contributed by atoms with Crippen LogP contribution in [0.3, 0.4) is 0 Å². The molecule has 0 atom stereocenters. The quantitative estimate of drug-likeness (QED) is 0.298. The molecule has 0 unspecified atom stereocenters. The van der Waals surface area contributed by atoms with Crippen LogP contribution < -0.4 is 16.0 Å². The first-order valence-corrected chi connectivity index (χ1v) is 9.66. The summed E-state index contributed by atoms with van der Waals surface area (Å²) in [4.78, 5) is 18.8. The molecule has 1 heterocycles. The third kappa shape index (κ3) is 8.75. The predicted molar refractivity (Wildman–Crippen MR) is 126 cm³/mol. The Morgan fingerprint density at radius 3 is 2.52 bits per heavy atom. The highest BCUT2D eigenvalue weighted by Gasteiger charge is 2.06. The van der Waals surface area contributed by atoms with Gasteiger partial charge in [0.25, 0.3) is 0 Å². The van der Waals surface area contributed by atoms with E-state index in [4.69, 9.17) is 0 Å². The zero-order valence-electron chi connectivity index (χ0n) is 16.3. The molecule has 148 valence electrons. The molecular formula is C20H29IN4OS. The van der Waals surface area contributed by atoms with Crippen molar-refractivity contribution in [2.24, 2.45) is 10.9 Å². The minimum Gasteiger partial charge on any atom is -0.352 e. The van der Waals surface area contributed by atoms with Gasteiger partial charge in [0.2, 0.25) is 5.91 Å². The second-order valence-corrected chi connectivity index (χ2v) is 8.01. The average Bonchev–Trinajstić information content (AvgIpc) is 3.00. The largest absolute Gasteiger partial charge is 0.352 e. The van der Waals surface area contributed by atoms with Crippen molar-refractivity contribution >= 4 is 52.9 Å². The molecule has 0 aliphatic carbocycles. The van der Waals surface area contributed by atoms with E-state index in [1.807, 2.05) is 38.1 Å². The van der Waals surface area contributed by atoms with Gasteiger partial charge in [0, 0.05) is 35.5 Å². The minimum atomic E-state index is 0. The highest BCUT2D eigenvalue weighted by atomic mass is 127. The molecule has 0 fully saturated rings. The summed E-state index contributed by atoms with van der Waals surface area (Å²) in [5, 5.41) is 9.58. The SMILES string of the molecule is CN=C(NCc1cccc(NC(=O)CC(C)C)c1)NCc1ccc(C)s1.I. The van der Waals surface area contributed by atoms with Crippen molar-refractivity contribution < 1.29 is 4.79 Å². The van der Waals surface area contributed by atoms with Gasteiger partial charge in [-0.3, -0.25) is 9.79 Å². The molecule has 0 saturated heterocycles. The molecule has 0 spiro atoms. The maximum atomic E-state index is 11.9. The number of nitrogens with zero attached hydrogens (tertiary/aromatic N) is 1. The number of benzene rings is 1. The molecule has 27 heavy (non-hydrogen) atoms. The summed E-state index contributed by atoms with van der Waals surface area (Å²) in [5.41, 5.74) is 1.91. The summed E-state index contributed by atoms with van der Waals surface area (Å²) < 4.78 is 0. The molecule has 3 N–H and O–H groups in total. The molecule has 2 rings (SSSR count). The summed E-state index contributed by atoms with van der Waals surface area (Å²) in [5.74, 6) is 1.15. The van der Waals surface area contributed by atoms with Gasteiger partial charge in [0.15, 0.2) is 5.96 Å². The molecule has 1 aromatic heterocycles. The van der Waals surface area contributed by atoms with E-state index in [0.717, 1.165) is 23.8 Å². The topological polar surface area (TPSA) is 65.5 Å². The number of aliphatic imine (C=N–C) groups is 1. The first-order valence-electron chi connectivity index (χ1n) is 8.85. The van der Waals surface area contributed by atoms with Crippen molar-refractivity contribution in [3.63, 3.8) is 0 Å². The Morgan fingerprint density at radius 2 is 1.89 bits per heavy atom. The van der Waals surface area contributed by atoms with Gasteiger partial charge in [0.05, 0.1) is 6.54 Å². The fourth-order valence-corrected chi connectivity index (χ4v) is 3.33. The van der Waals surface area contributed by atoms with E-state index < -0.39 is 0 Å². The lowest BCUT2D eigenvalue weighted by Gasteiger charge is -2.12. The third-order valence-corrected chi connectivity index (χ3v) is 4.71. The van der Waals surface area contributed by atoms with Gasteiger partial charge in [-0.25, -0.2) is 0 Å². The number of hydrogen-bond acceptors (Lipinski definition) is 3. The first-order chi connectivity index (χ1) is 12.5. The molecule has 1 amide bonds. The van der Waals surface area contributed by atoms with Crippen LogP contribution in [-0.4, -0.2) is 18.9 Å². The van der Waals surface area contributed by atoms with E-state index in [9.17, 15) is 4.79 Å². The number of hydrogen-bond donors (Lipinski definition) is 3. The molecule has 0 radical (unpaired) electrons. The molecule has 0 aliphatic rings. The predicted octanol–water partition coefficient (Wildman–Crippen LogP) is 4.52. The highest BCUT2D eigenvalue weighted by Crippen LogP contribution is 2.14. The summed E-state index contributed by atoms with van der Waals surface area (Å²) in [6.45, 7) is 7.57. The van der Waals surface area contributed by atoms with Gasteiger partial charge in [-0.15, -0.1) is 35.3 Å². The van der Waals surface area contributed by atoms with Crippen molar-refractivity contribution in [1.29, 1.82) is 0 Å². The molecular weight excluding hydrogens is 471 g/mol. The summed E-state index contributed by atoms with van der Waals surface area (Å²) >= 11 is 1.78. The number of halogens is 1. The Bertz CT molecular complexity index is 758. The van der Waals surface area contributed by atoms with Crippen LogP contribution in [-0.2, 0) is 17.9 Å². The number of carbonyl (C=O) groups excluding carboxylic acids is 1. The van der Waals surface area contributed by atoms with Gasteiger partial charge in [-0.1, -0.05) is 26.0 Å². The summed E-state index contributed by atoms with van der Waals surface area (Å²) in [7, 11) is 1.76. The van der Waals surface area contributed by atoms with Gasteiger partial charge in [-0.05, 0) is 42.7 Å². The first kappa shape index (κ1) is 23.4. The van der Waals surface area contributed by atoms with Crippen molar-refractivity contribution in [3.8, 4) is 0 Å². The number of amides is 1. The summed E-state index contributed by atoms with van der Waals surface area (Å²) in [6.07, 6.45) is 0.529. The van der Waals surface area contributed by atoms with Crippen LogP contribution in [0.5, 0.6) is 0 Å². The Hall–Kier alpha value is -1.61. The molecule has 0 saturated carbocycles. The fraction of sp³-hybridized carbons (Fsp3) is 0.400. The molecule has 0 aliphatic heterocycles. The molecule has 2 aromatic rings. The lowest BCUT2D eigenvalue weighted by atomic mass is 10.1. The van der Waals surface area contributed by atoms with E-state index >= 15 is 0 Å². The monoisotopic (exact) mass is 500 g/mol. The number of carbonyl (C=O) groups is 1. The Labute approximate surface area is 183 Å². The lowest BCUT2D eigenvalue weighted by Crippen LogP contribution is -2.36. The number of aryl methyl sites for hydroxylation is 1. The Kier molecular flexibility index (Phi) is 10.4. The van der Waals surface area contributed by atoms with Crippen molar-refractivity contribution in [2.45, 2.75) is 40.3 Å². The number of rotatable bonds is 7. The van der Waals surface area contributed by atoms with E-state index in [1.54, 1.807) is 18.4 Å². The summed E-state index contributed by atoms with van der Waals surface area (Å²) in [6, 6.07) is 12.1. The molecule has 1 aromatic carbocycles. The van der Waals surface area contributed by atoms with E-state index in [-0.39, 0.29) is 29.9 Å². The third-order valence-electron chi connectivity index (χ3n) is 3.71. The van der Waals surface area contributed by atoms with Crippen LogP contribution in [0.1, 0.15) is 35.6 Å². The van der Waals surface area contributed by atoms with Crippen LogP contribution in [0.2, 0.25) is 0 Å². The Balaban J connectivity index is 0.00000364. The fourth-order valence-electron chi connectivity index (χ4n) is 2.50. The lowest BCUT2D eigenvalue weighted by molar-refractivity contribution is -0.116. The van der Waals surface area contributed by atoms with E-state index in [0.29, 0.717) is 18.9 Å². The molecule has 5 nitrogen and oxygen atoms in total. The van der Waals surface area contributed by atoms with Crippen LogP contribution in [0, 0.1) is 12.8 Å². The van der Waals surface area contributed by atoms with Crippen LogP contribution >= 0.6 is 35.3 Å². The van der Waals surface area contributed by atoms with Crippen LogP contribution in [0.15, 0.2) is 41.4 Å². The van der Waals surface area contributed by atoms with E-state index in [1.165, 1.54) is 9.75 Å². The second-order valence-electron chi connectivity index (χ2n) is 6.64. The van der Waals surface area contributed by atoms with Gasteiger partial charge < -0.3 is 16.0 Å². The van der Waals surface area contributed by atoms with Gasteiger partial charge in [0.1, 0.15) is 0 Å². The number of anilines is 1. The minimum absolute atomic E-state index is 0. The van der Waals surface area contributed by atoms with Gasteiger partial charge in [-0.2, -0.15) is 0 Å². The molecule has 0 bridgehead atoms. The maximum absolute atomic E-state index is 11.9. The average molecular weight is 500 g/mol. The number of nitrogens with one attached hydrogen (secondary N) is 3. The van der Waals surface area contributed by atoms with Crippen molar-refractivity contribution in [1.82, 2.24) is 10.6 Å². The zero-order valence-corrected chi connectivity index (χ0v) is 19.5. The Morgan fingerprint density at radius 1 is 1.15 bits per heavy atom. The van der Waals surface area contributed by atoms with Crippen LogP contribution in [0.4, 0.5) is 5.69 Å². The second kappa shape index (κ2) is 12.0. The number of thiophene rings is 1. The smallest absolute Gasteiger partial charge is 0.224 e. The number of guanidine groups is 1. The van der Waals surface area contributed by atoms with Crippen molar-refractivity contribution in [3.05, 3.63) is 51.7 Å². The van der Waals surface area contributed by atoms with E-state index in [2.05, 4.69) is 40.0 Å². The highest BCUT2D eigenvalue weighted by molar-refractivity contribution is 14.0.